The fraction of sp³-hybridized carbons (Fsp3) is 0. The molecule has 0 fully saturated rings. The number of carbonyl (C=O) groups is 1. The zero-order chi connectivity index (χ0) is 26.0. The molecule has 0 radical (unpaired) electrons. The van der Waals surface area contributed by atoms with Gasteiger partial charge in [-0.3, -0.25) is 14.3 Å². The van der Waals surface area contributed by atoms with Crippen LogP contribution < -0.4 is 35.3 Å². The number of rotatable bonds is 6. The van der Waals surface area contributed by atoms with Crippen molar-refractivity contribution in [3.63, 3.8) is 0 Å². The van der Waals surface area contributed by atoms with Crippen LogP contribution in [-0.2, 0) is 10.1 Å². The summed E-state index contributed by atoms with van der Waals surface area (Å²) in [6.45, 7) is 0. The summed E-state index contributed by atoms with van der Waals surface area (Å²) in [7, 11) is -4.50. The topological polar surface area (TPSA) is 135 Å². The van der Waals surface area contributed by atoms with Crippen molar-refractivity contribution in [3.8, 4) is 11.3 Å². The van der Waals surface area contributed by atoms with Gasteiger partial charge in [0.1, 0.15) is 16.3 Å². The van der Waals surface area contributed by atoms with Crippen molar-refractivity contribution >= 4 is 43.7 Å². The number of benzene rings is 4. The predicted octanol–water partition coefficient (Wildman–Crippen LogP) is 3.49. The molecular formula is C28H21N4NaO4S. The van der Waals surface area contributed by atoms with Crippen LogP contribution in [0, 0.1) is 0 Å². The second-order valence-corrected chi connectivity index (χ2v) is 9.59. The maximum Gasteiger partial charge on any atom is 1.00 e. The van der Waals surface area contributed by atoms with Gasteiger partial charge in [-0.1, -0.05) is 78.9 Å². The largest absolute Gasteiger partial charge is 1.00 e. The van der Waals surface area contributed by atoms with Gasteiger partial charge >= 0.3 is 29.6 Å². The van der Waals surface area contributed by atoms with Crippen LogP contribution in [0.15, 0.2) is 118 Å². The van der Waals surface area contributed by atoms with Gasteiger partial charge in [0.2, 0.25) is 0 Å². The first-order chi connectivity index (χ1) is 17.8. The molecule has 0 aliphatic rings. The van der Waals surface area contributed by atoms with Crippen LogP contribution in [0.3, 0.4) is 0 Å². The van der Waals surface area contributed by atoms with E-state index >= 15 is 0 Å². The Kier molecular flexibility index (Phi) is 8.15. The molecule has 0 bridgehead atoms. The smallest absolute Gasteiger partial charge is 1.00 e. The Morgan fingerprint density at radius 3 is 2.08 bits per heavy atom. The minimum atomic E-state index is -4.50. The average Bonchev–Trinajstić information content (AvgIpc) is 2.92. The molecule has 38 heavy (non-hydrogen) atoms. The summed E-state index contributed by atoms with van der Waals surface area (Å²) in [6.07, 6.45) is 1.52. The Hall–Kier alpha value is -3.73. The number of nitrogens with zero attached hydrogens (tertiary/aromatic N) is 3. The van der Waals surface area contributed by atoms with Crippen molar-refractivity contribution in [3.05, 3.63) is 114 Å². The normalized spacial score (nSPS) is 11.4. The van der Waals surface area contributed by atoms with Crippen LogP contribution in [0.4, 0.5) is 17.1 Å². The SMILES string of the molecule is Nc1c(N=Nc2ccc(-c3ccc(C(=O)c4ccccc4)cc3)nc2)cc(S(=O)(=O)O)c2ccccc12.[H-].[Na+]. The van der Waals surface area contributed by atoms with Crippen LogP contribution in [0.2, 0.25) is 0 Å². The molecule has 1 aromatic heterocycles. The fourth-order valence-electron chi connectivity index (χ4n) is 3.92. The van der Waals surface area contributed by atoms with Crippen molar-refractivity contribution in [1.82, 2.24) is 4.98 Å². The van der Waals surface area contributed by atoms with Crippen molar-refractivity contribution in [2.75, 3.05) is 5.73 Å². The first kappa shape index (κ1) is 27.3. The fourth-order valence-corrected chi connectivity index (χ4v) is 4.64. The van der Waals surface area contributed by atoms with Crippen LogP contribution in [0.25, 0.3) is 22.0 Å². The molecule has 184 valence electrons. The summed E-state index contributed by atoms with van der Waals surface area (Å²) >= 11 is 0. The molecule has 5 aromatic rings. The molecule has 0 saturated carbocycles. The van der Waals surface area contributed by atoms with Gasteiger partial charge in [-0.2, -0.15) is 8.42 Å². The molecule has 0 unspecified atom stereocenters. The molecule has 0 amide bonds. The third-order valence-electron chi connectivity index (χ3n) is 5.80. The van der Waals surface area contributed by atoms with Gasteiger partial charge in [0.25, 0.3) is 10.1 Å². The maximum absolute atomic E-state index is 12.6. The van der Waals surface area contributed by atoms with Gasteiger partial charge in [-0.05, 0) is 18.2 Å². The molecule has 5 rings (SSSR count). The molecule has 10 heteroatoms. The summed E-state index contributed by atoms with van der Waals surface area (Å²) in [5, 5.41) is 8.98. The molecule has 0 spiro atoms. The number of aromatic nitrogens is 1. The molecule has 0 saturated heterocycles. The Labute approximate surface area is 242 Å². The number of azo groups is 1. The Morgan fingerprint density at radius 1 is 0.816 bits per heavy atom. The van der Waals surface area contributed by atoms with E-state index in [2.05, 4.69) is 15.2 Å². The van der Waals surface area contributed by atoms with Crippen LogP contribution >= 0.6 is 0 Å². The van der Waals surface area contributed by atoms with Gasteiger partial charge in [-0.15, -0.1) is 10.2 Å². The molecule has 1 heterocycles. The van der Waals surface area contributed by atoms with E-state index in [0.29, 0.717) is 33.3 Å². The van der Waals surface area contributed by atoms with E-state index < -0.39 is 10.1 Å². The summed E-state index contributed by atoms with van der Waals surface area (Å²) in [5.41, 5.74) is 9.66. The van der Waals surface area contributed by atoms with Gasteiger partial charge < -0.3 is 7.16 Å². The standard InChI is InChI=1S/C28H20N4O4S.Na.H/c29-27-23-9-5-4-8-22(23)26(37(34,35)36)16-25(27)32-31-21-14-15-24(30-17-21)18-10-12-20(13-11-18)28(33)19-6-2-1-3-7-19;;/h1-17H,29H2,(H,34,35,36);;/q;+1;-1. The van der Waals surface area contributed by atoms with Crippen LogP contribution in [0.1, 0.15) is 17.3 Å². The average molecular weight is 533 g/mol. The van der Waals surface area contributed by atoms with Crippen molar-refractivity contribution < 1.29 is 48.7 Å². The van der Waals surface area contributed by atoms with Crippen molar-refractivity contribution in [2.24, 2.45) is 10.2 Å². The summed E-state index contributed by atoms with van der Waals surface area (Å²) in [6, 6.07) is 27.5. The number of ketones is 1. The third-order valence-corrected chi connectivity index (χ3v) is 6.70. The molecule has 0 atom stereocenters. The molecule has 0 aliphatic carbocycles. The van der Waals surface area contributed by atoms with Crippen molar-refractivity contribution in [1.29, 1.82) is 0 Å². The summed E-state index contributed by atoms with van der Waals surface area (Å²) < 4.78 is 33.5. The summed E-state index contributed by atoms with van der Waals surface area (Å²) in [4.78, 5) is 16.7. The van der Waals surface area contributed by atoms with E-state index in [1.807, 2.05) is 30.3 Å². The quantitative estimate of drug-likeness (QED) is 0.113. The Bertz CT molecular complexity index is 1760. The molecule has 4 aromatic carbocycles. The second kappa shape index (κ2) is 11.3. The minimum absolute atomic E-state index is 0. The number of carbonyl (C=O) groups excluding carboxylic acids is 1. The van der Waals surface area contributed by atoms with E-state index in [1.165, 1.54) is 12.3 Å². The van der Waals surface area contributed by atoms with E-state index in [0.717, 1.165) is 5.56 Å². The van der Waals surface area contributed by atoms with E-state index in [4.69, 9.17) is 5.73 Å². The maximum atomic E-state index is 12.6. The van der Waals surface area contributed by atoms with Crippen molar-refractivity contribution in [2.45, 2.75) is 4.90 Å². The van der Waals surface area contributed by atoms with Gasteiger partial charge in [0, 0.05) is 27.5 Å². The van der Waals surface area contributed by atoms with Crippen LogP contribution in [-0.4, -0.2) is 23.7 Å². The van der Waals surface area contributed by atoms with Crippen LogP contribution in [0.5, 0.6) is 0 Å². The number of hydrogen-bond donors (Lipinski definition) is 2. The molecule has 8 nitrogen and oxygen atoms in total. The zero-order valence-electron chi connectivity index (χ0n) is 21.3. The Balaban J connectivity index is 0.00000210. The number of pyridine rings is 1. The van der Waals surface area contributed by atoms with Gasteiger partial charge in [0.15, 0.2) is 5.78 Å². The molecule has 0 aliphatic heterocycles. The minimum Gasteiger partial charge on any atom is -1.00 e. The number of nitrogen functional groups attached to an aromatic ring is 1. The molecule has 3 N–H and O–H groups in total. The number of hydrogen-bond acceptors (Lipinski definition) is 7. The van der Waals surface area contributed by atoms with Gasteiger partial charge in [0.05, 0.1) is 17.6 Å². The third kappa shape index (κ3) is 5.72. The zero-order valence-corrected chi connectivity index (χ0v) is 23.1. The van der Waals surface area contributed by atoms with Gasteiger partial charge in [-0.25, -0.2) is 0 Å². The molecular weight excluding hydrogens is 511 g/mol. The second-order valence-electron chi connectivity index (χ2n) is 8.20. The number of anilines is 1. The summed E-state index contributed by atoms with van der Waals surface area (Å²) in [5.74, 6) is -0.0546. The number of nitrogens with two attached hydrogens (primary N) is 1. The van der Waals surface area contributed by atoms with E-state index in [1.54, 1.807) is 60.7 Å². The predicted molar refractivity (Wildman–Crippen MR) is 143 cm³/mol. The number of fused-ring (bicyclic) bond motifs is 1. The van der Waals surface area contributed by atoms with E-state index in [-0.39, 0.29) is 53.0 Å². The first-order valence-corrected chi connectivity index (χ1v) is 12.6. The first-order valence-electron chi connectivity index (χ1n) is 11.2. The van der Waals surface area contributed by atoms with E-state index in [9.17, 15) is 17.8 Å². The Morgan fingerprint density at radius 2 is 1.45 bits per heavy atom. The monoisotopic (exact) mass is 532 g/mol.